The smallest absolute Gasteiger partial charge is 0.243 e. The molecule has 1 heterocycles. The van der Waals surface area contributed by atoms with Gasteiger partial charge in [0.05, 0.1) is 4.90 Å². The molecule has 1 fully saturated rings. The van der Waals surface area contributed by atoms with Crippen molar-refractivity contribution >= 4 is 27.2 Å². The van der Waals surface area contributed by atoms with Crippen LogP contribution in [0.1, 0.15) is 0 Å². The Bertz CT molecular complexity index is 765. The topological polar surface area (TPSA) is 57.7 Å². The van der Waals surface area contributed by atoms with Crippen molar-refractivity contribution in [3.05, 3.63) is 42.5 Å². The molecule has 0 bridgehead atoms. The summed E-state index contributed by atoms with van der Waals surface area (Å²) in [6.45, 7) is 1.56. The van der Waals surface area contributed by atoms with Crippen LogP contribution >= 0.6 is 0 Å². The van der Waals surface area contributed by atoms with Gasteiger partial charge in [-0.1, -0.05) is 30.3 Å². The molecule has 0 radical (unpaired) electrons. The second-order valence-corrected chi connectivity index (χ2v) is 6.99. The summed E-state index contributed by atoms with van der Waals surface area (Å²) in [6.07, 6.45) is 0.764. The normalized spacial score (nSPS) is 17.0. The summed E-state index contributed by atoms with van der Waals surface area (Å²) < 4.78 is 26.7. The molecule has 110 valence electrons. The molecule has 3 rings (SSSR count). The highest BCUT2D eigenvalue weighted by atomic mass is 32.2. The number of hydrogen-bond donors (Lipinski definition) is 0. The molecule has 0 unspecified atom stereocenters. The number of nitrogens with zero attached hydrogens (tertiary/aromatic N) is 2. The maximum absolute atomic E-state index is 12.6. The predicted octanol–water partition coefficient (Wildman–Crippen LogP) is 1.30. The predicted molar refractivity (Wildman–Crippen MR) is 80.3 cm³/mol. The molecule has 1 aliphatic heterocycles. The summed E-state index contributed by atoms with van der Waals surface area (Å²) in [5.41, 5.74) is 0. The molecule has 0 saturated carbocycles. The quantitative estimate of drug-likeness (QED) is 0.803. The zero-order valence-electron chi connectivity index (χ0n) is 11.5. The number of hydrogen-bond acceptors (Lipinski definition) is 3. The number of benzene rings is 2. The summed E-state index contributed by atoms with van der Waals surface area (Å²) in [7, 11) is -3.49. The third-order valence-corrected chi connectivity index (χ3v) is 5.68. The number of carbonyl (C=O) groups excluding carboxylic acids is 1. The molecule has 0 aliphatic carbocycles. The Balaban J connectivity index is 1.91. The highest BCUT2D eigenvalue weighted by Gasteiger charge is 2.28. The number of sulfonamides is 1. The van der Waals surface area contributed by atoms with Gasteiger partial charge >= 0.3 is 0 Å². The monoisotopic (exact) mass is 304 g/mol. The molecule has 5 nitrogen and oxygen atoms in total. The van der Waals surface area contributed by atoms with Crippen molar-refractivity contribution in [1.82, 2.24) is 9.21 Å². The maximum Gasteiger partial charge on any atom is 0.243 e. The SMILES string of the molecule is O=CN1CCN(S(=O)(=O)c2ccc3ccccc3c2)CC1. The Labute approximate surface area is 123 Å². The summed E-state index contributed by atoms with van der Waals surface area (Å²) in [4.78, 5) is 12.6. The standard InChI is InChI=1S/C15H16N2O3S/c18-12-16-7-9-17(10-8-16)21(19,20)15-6-5-13-3-1-2-4-14(13)11-15/h1-6,11-12H,7-10H2. The first-order valence-electron chi connectivity index (χ1n) is 6.79. The molecule has 0 aromatic heterocycles. The minimum absolute atomic E-state index is 0.306. The molecule has 6 heteroatoms. The van der Waals surface area contributed by atoms with Gasteiger partial charge in [0.15, 0.2) is 0 Å². The first-order chi connectivity index (χ1) is 10.1. The minimum atomic E-state index is -3.49. The molecule has 1 aliphatic rings. The second-order valence-electron chi connectivity index (χ2n) is 5.05. The van der Waals surface area contributed by atoms with Crippen LogP contribution in [0.5, 0.6) is 0 Å². The van der Waals surface area contributed by atoms with Gasteiger partial charge in [-0.05, 0) is 22.9 Å². The zero-order chi connectivity index (χ0) is 14.9. The van der Waals surface area contributed by atoms with Gasteiger partial charge in [0.2, 0.25) is 16.4 Å². The van der Waals surface area contributed by atoms with Crippen molar-refractivity contribution in [2.45, 2.75) is 4.90 Å². The molecular weight excluding hydrogens is 288 g/mol. The molecule has 2 aromatic carbocycles. The molecule has 1 saturated heterocycles. The van der Waals surface area contributed by atoms with Gasteiger partial charge in [-0.3, -0.25) is 4.79 Å². The number of piperazine rings is 1. The molecular formula is C15H16N2O3S. The first-order valence-corrected chi connectivity index (χ1v) is 8.23. The van der Waals surface area contributed by atoms with E-state index in [1.165, 1.54) is 4.31 Å². The van der Waals surface area contributed by atoms with E-state index in [-0.39, 0.29) is 0 Å². The molecule has 21 heavy (non-hydrogen) atoms. The highest BCUT2D eigenvalue weighted by Crippen LogP contribution is 2.22. The van der Waals surface area contributed by atoms with E-state index in [1.807, 2.05) is 30.3 Å². The van der Waals surface area contributed by atoms with Gasteiger partial charge in [0.1, 0.15) is 0 Å². The maximum atomic E-state index is 12.6. The fourth-order valence-electron chi connectivity index (χ4n) is 2.53. The first kappa shape index (κ1) is 14.0. The van der Waals surface area contributed by atoms with E-state index in [9.17, 15) is 13.2 Å². The zero-order valence-corrected chi connectivity index (χ0v) is 12.3. The van der Waals surface area contributed by atoms with Crippen LogP contribution in [0.2, 0.25) is 0 Å². The lowest BCUT2D eigenvalue weighted by molar-refractivity contribution is -0.119. The van der Waals surface area contributed by atoms with Crippen molar-refractivity contribution in [1.29, 1.82) is 0 Å². The van der Waals surface area contributed by atoms with Crippen LogP contribution in [0.4, 0.5) is 0 Å². The average Bonchev–Trinajstić information content (AvgIpc) is 2.54. The van der Waals surface area contributed by atoms with Crippen LogP contribution < -0.4 is 0 Å². The van der Waals surface area contributed by atoms with Crippen LogP contribution in [0.25, 0.3) is 10.8 Å². The Morgan fingerprint density at radius 1 is 0.905 bits per heavy atom. The average molecular weight is 304 g/mol. The van der Waals surface area contributed by atoms with Crippen molar-refractivity contribution < 1.29 is 13.2 Å². The van der Waals surface area contributed by atoms with Crippen molar-refractivity contribution in [3.8, 4) is 0 Å². The third-order valence-electron chi connectivity index (χ3n) is 3.78. The van der Waals surface area contributed by atoms with E-state index in [0.29, 0.717) is 31.1 Å². The van der Waals surface area contributed by atoms with Gasteiger partial charge in [-0.15, -0.1) is 0 Å². The van der Waals surface area contributed by atoms with Gasteiger partial charge in [-0.2, -0.15) is 4.31 Å². The van der Waals surface area contributed by atoms with E-state index >= 15 is 0 Å². The second kappa shape index (κ2) is 5.46. The fourth-order valence-corrected chi connectivity index (χ4v) is 3.98. The third kappa shape index (κ3) is 2.64. The van der Waals surface area contributed by atoms with Crippen molar-refractivity contribution in [2.75, 3.05) is 26.2 Å². The lowest BCUT2D eigenvalue weighted by atomic mass is 10.1. The van der Waals surface area contributed by atoms with E-state index in [4.69, 9.17) is 0 Å². The lowest BCUT2D eigenvalue weighted by Crippen LogP contribution is -2.47. The molecule has 1 amide bonds. The molecule has 0 atom stereocenters. The number of carbonyl (C=O) groups is 1. The number of fused-ring (bicyclic) bond motifs is 1. The van der Waals surface area contributed by atoms with Crippen molar-refractivity contribution in [2.24, 2.45) is 0 Å². The van der Waals surface area contributed by atoms with Gasteiger partial charge in [0, 0.05) is 26.2 Å². The van der Waals surface area contributed by atoms with Crippen LogP contribution in [-0.4, -0.2) is 50.2 Å². The van der Waals surface area contributed by atoms with Crippen LogP contribution in [0, 0.1) is 0 Å². The van der Waals surface area contributed by atoms with Gasteiger partial charge in [0.25, 0.3) is 0 Å². The van der Waals surface area contributed by atoms with Crippen LogP contribution in [0.15, 0.2) is 47.4 Å². The highest BCUT2D eigenvalue weighted by molar-refractivity contribution is 7.89. The van der Waals surface area contributed by atoms with Gasteiger partial charge in [-0.25, -0.2) is 8.42 Å². The Hall–Kier alpha value is -1.92. The van der Waals surface area contributed by atoms with Crippen LogP contribution in [0.3, 0.4) is 0 Å². The Morgan fingerprint density at radius 2 is 1.57 bits per heavy atom. The molecule has 0 N–H and O–H groups in total. The largest absolute Gasteiger partial charge is 0.343 e. The Morgan fingerprint density at radius 3 is 2.24 bits per heavy atom. The van der Waals surface area contributed by atoms with E-state index in [0.717, 1.165) is 17.2 Å². The summed E-state index contributed by atoms with van der Waals surface area (Å²) in [5, 5.41) is 1.92. The van der Waals surface area contributed by atoms with Crippen molar-refractivity contribution in [3.63, 3.8) is 0 Å². The fraction of sp³-hybridized carbons (Fsp3) is 0.267. The summed E-state index contributed by atoms with van der Waals surface area (Å²) in [6, 6.07) is 12.8. The van der Waals surface area contributed by atoms with E-state index < -0.39 is 10.0 Å². The Kier molecular flexibility index (Phi) is 3.65. The molecule has 0 spiro atoms. The number of amides is 1. The summed E-state index contributed by atoms with van der Waals surface area (Å²) in [5.74, 6) is 0. The lowest BCUT2D eigenvalue weighted by Gasteiger charge is -2.31. The van der Waals surface area contributed by atoms with Crippen LogP contribution in [-0.2, 0) is 14.8 Å². The van der Waals surface area contributed by atoms with E-state index in [1.54, 1.807) is 17.0 Å². The van der Waals surface area contributed by atoms with Gasteiger partial charge < -0.3 is 4.90 Å². The number of rotatable bonds is 3. The molecule has 2 aromatic rings. The van der Waals surface area contributed by atoms with E-state index in [2.05, 4.69) is 0 Å². The minimum Gasteiger partial charge on any atom is -0.343 e. The summed E-state index contributed by atoms with van der Waals surface area (Å²) >= 11 is 0.